The van der Waals surface area contributed by atoms with Crippen molar-refractivity contribution in [3.8, 4) is 11.7 Å². The standard InChI is InChI=1S/C16H18N6O/c1-11-8-15(21-16(19-11)23-3)20-12(2)13-4-6-14(7-5-13)22-10-17-9-18-22/h4-10,12H,1-3H3,(H,19,20,21)/t12-/m1/s1. The molecule has 0 saturated carbocycles. The molecule has 0 unspecified atom stereocenters. The monoisotopic (exact) mass is 310 g/mol. The van der Waals surface area contributed by atoms with Gasteiger partial charge in [-0.15, -0.1) is 0 Å². The molecule has 1 aromatic carbocycles. The van der Waals surface area contributed by atoms with Crippen LogP contribution in [0, 0.1) is 6.92 Å². The van der Waals surface area contributed by atoms with Crippen LogP contribution in [0.25, 0.3) is 5.69 Å². The van der Waals surface area contributed by atoms with Gasteiger partial charge in [0.05, 0.1) is 12.8 Å². The Balaban J connectivity index is 1.75. The lowest BCUT2D eigenvalue weighted by Crippen LogP contribution is -2.09. The van der Waals surface area contributed by atoms with E-state index in [4.69, 9.17) is 4.74 Å². The lowest BCUT2D eigenvalue weighted by Gasteiger charge is -2.16. The molecule has 7 nitrogen and oxygen atoms in total. The molecule has 0 aliphatic rings. The summed E-state index contributed by atoms with van der Waals surface area (Å²) in [7, 11) is 1.56. The average molecular weight is 310 g/mol. The van der Waals surface area contributed by atoms with Crippen molar-refractivity contribution in [1.29, 1.82) is 0 Å². The van der Waals surface area contributed by atoms with E-state index in [0.29, 0.717) is 6.01 Å². The minimum atomic E-state index is 0.0961. The van der Waals surface area contributed by atoms with Gasteiger partial charge in [-0.3, -0.25) is 0 Å². The highest BCUT2D eigenvalue weighted by atomic mass is 16.5. The lowest BCUT2D eigenvalue weighted by atomic mass is 10.1. The van der Waals surface area contributed by atoms with Crippen molar-refractivity contribution >= 4 is 5.82 Å². The highest BCUT2D eigenvalue weighted by molar-refractivity contribution is 5.42. The Hall–Kier alpha value is -2.96. The minimum Gasteiger partial charge on any atom is -0.467 e. The van der Waals surface area contributed by atoms with Gasteiger partial charge in [-0.1, -0.05) is 12.1 Å². The molecule has 0 bridgehead atoms. The van der Waals surface area contributed by atoms with E-state index in [0.717, 1.165) is 22.8 Å². The number of nitrogens with zero attached hydrogens (tertiary/aromatic N) is 5. The van der Waals surface area contributed by atoms with Crippen molar-refractivity contribution in [3.05, 3.63) is 54.2 Å². The van der Waals surface area contributed by atoms with Crippen molar-refractivity contribution in [2.45, 2.75) is 19.9 Å². The molecule has 2 aromatic heterocycles. The van der Waals surface area contributed by atoms with E-state index in [1.54, 1.807) is 18.1 Å². The first kappa shape index (κ1) is 15.0. The van der Waals surface area contributed by atoms with Crippen LogP contribution in [0.3, 0.4) is 0 Å². The summed E-state index contributed by atoms with van der Waals surface area (Å²) in [6, 6.07) is 10.5. The smallest absolute Gasteiger partial charge is 0.318 e. The molecule has 0 saturated heterocycles. The van der Waals surface area contributed by atoms with Crippen LogP contribution in [0.1, 0.15) is 24.2 Å². The molecule has 1 N–H and O–H groups in total. The molecule has 1 atom stereocenters. The maximum absolute atomic E-state index is 5.10. The molecule has 3 rings (SSSR count). The number of methoxy groups -OCH3 is 1. The Labute approximate surface area is 134 Å². The predicted molar refractivity (Wildman–Crippen MR) is 86.7 cm³/mol. The SMILES string of the molecule is COc1nc(C)cc(N[C@H](C)c2ccc(-n3cncn3)cc2)n1. The molecule has 0 spiro atoms. The van der Waals surface area contributed by atoms with Crippen LogP contribution >= 0.6 is 0 Å². The van der Waals surface area contributed by atoms with Gasteiger partial charge in [0.15, 0.2) is 0 Å². The van der Waals surface area contributed by atoms with Crippen molar-refractivity contribution < 1.29 is 4.74 Å². The molecule has 3 aromatic rings. The van der Waals surface area contributed by atoms with Crippen molar-refractivity contribution in [3.63, 3.8) is 0 Å². The first-order valence-corrected chi connectivity index (χ1v) is 7.27. The fraction of sp³-hybridized carbons (Fsp3) is 0.250. The lowest BCUT2D eigenvalue weighted by molar-refractivity contribution is 0.379. The Bertz CT molecular complexity index is 770. The van der Waals surface area contributed by atoms with Gasteiger partial charge >= 0.3 is 6.01 Å². The van der Waals surface area contributed by atoms with E-state index in [1.165, 1.54) is 6.33 Å². The molecule has 0 aliphatic heterocycles. The number of nitrogens with one attached hydrogen (secondary N) is 1. The summed E-state index contributed by atoms with van der Waals surface area (Å²) in [6.45, 7) is 3.99. The first-order valence-electron chi connectivity index (χ1n) is 7.27. The molecule has 0 amide bonds. The van der Waals surface area contributed by atoms with E-state index >= 15 is 0 Å². The normalized spacial score (nSPS) is 12.0. The molecular weight excluding hydrogens is 292 g/mol. The third-order valence-electron chi connectivity index (χ3n) is 3.46. The minimum absolute atomic E-state index is 0.0961. The Morgan fingerprint density at radius 3 is 2.61 bits per heavy atom. The van der Waals surface area contributed by atoms with E-state index in [9.17, 15) is 0 Å². The van der Waals surface area contributed by atoms with Crippen LogP contribution in [-0.4, -0.2) is 31.8 Å². The summed E-state index contributed by atoms with van der Waals surface area (Å²) in [5.74, 6) is 0.738. The first-order chi connectivity index (χ1) is 11.2. The summed E-state index contributed by atoms with van der Waals surface area (Å²) in [5.41, 5.74) is 2.97. The van der Waals surface area contributed by atoms with Crippen LogP contribution in [0.2, 0.25) is 0 Å². The van der Waals surface area contributed by atoms with Crippen LogP contribution in [0.15, 0.2) is 43.0 Å². The molecular formula is C16H18N6O. The van der Waals surface area contributed by atoms with Crippen molar-refractivity contribution in [2.75, 3.05) is 12.4 Å². The van der Waals surface area contributed by atoms with E-state index in [2.05, 4.69) is 44.4 Å². The predicted octanol–water partition coefficient (Wildman–Crippen LogP) is 2.55. The zero-order chi connectivity index (χ0) is 16.2. The molecule has 118 valence electrons. The third-order valence-corrected chi connectivity index (χ3v) is 3.46. The number of aryl methyl sites for hydroxylation is 1. The highest BCUT2D eigenvalue weighted by Gasteiger charge is 2.09. The maximum Gasteiger partial charge on any atom is 0.318 e. The third kappa shape index (κ3) is 3.45. The number of anilines is 1. The number of ether oxygens (including phenoxy) is 1. The van der Waals surface area contributed by atoms with Crippen molar-refractivity contribution in [1.82, 2.24) is 24.7 Å². The van der Waals surface area contributed by atoms with Gasteiger partial charge in [0.25, 0.3) is 0 Å². The summed E-state index contributed by atoms with van der Waals surface area (Å²) >= 11 is 0. The van der Waals surface area contributed by atoms with E-state index in [-0.39, 0.29) is 6.04 Å². The van der Waals surface area contributed by atoms with Gasteiger partial charge in [0, 0.05) is 17.8 Å². The summed E-state index contributed by atoms with van der Waals surface area (Å²) in [5, 5.41) is 7.48. The van der Waals surface area contributed by atoms with E-state index < -0.39 is 0 Å². The van der Waals surface area contributed by atoms with Crippen LogP contribution < -0.4 is 10.1 Å². The van der Waals surface area contributed by atoms with Crippen molar-refractivity contribution in [2.24, 2.45) is 0 Å². The Kier molecular flexibility index (Phi) is 4.18. The molecule has 7 heteroatoms. The summed E-state index contributed by atoms with van der Waals surface area (Å²) in [6.07, 6.45) is 3.19. The second-order valence-corrected chi connectivity index (χ2v) is 5.18. The summed E-state index contributed by atoms with van der Waals surface area (Å²) < 4.78 is 6.82. The Morgan fingerprint density at radius 1 is 1.17 bits per heavy atom. The number of rotatable bonds is 5. The number of aromatic nitrogens is 5. The second kappa shape index (κ2) is 6.43. The number of hydrogen-bond donors (Lipinski definition) is 1. The fourth-order valence-corrected chi connectivity index (χ4v) is 2.27. The van der Waals surface area contributed by atoms with Gasteiger partial charge in [0.2, 0.25) is 0 Å². The number of hydrogen-bond acceptors (Lipinski definition) is 6. The molecule has 23 heavy (non-hydrogen) atoms. The number of benzene rings is 1. The quantitative estimate of drug-likeness (QED) is 0.780. The van der Waals surface area contributed by atoms with Gasteiger partial charge in [-0.05, 0) is 31.5 Å². The van der Waals surface area contributed by atoms with Crippen LogP contribution in [0.5, 0.6) is 6.01 Å². The van der Waals surface area contributed by atoms with Crippen LogP contribution in [-0.2, 0) is 0 Å². The van der Waals surface area contributed by atoms with Gasteiger partial charge in [-0.2, -0.15) is 10.1 Å². The fourth-order valence-electron chi connectivity index (χ4n) is 2.27. The molecule has 0 aliphatic carbocycles. The van der Waals surface area contributed by atoms with Gasteiger partial charge < -0.3 is 10.1 Å². The largest absolute Gasteiger partial charge is 0.467 e. The van der Waals surface area contributed by atoms with E-state index in [1.807, 2.05) is 25.1 Å². The zero-order valence-electron chi connectivity index (χ0n) is 13.3. The summed E-state index contributed by atoms with van der Waals surface area (Å²) in [4.78, 5) is 12.4. The highest BCUT2D eigenvalue weighted by Crippen LogP contribution is 2.20. The topological polar surface area (TPSA) is 77.8 Å². The Morgan fingerprint density at radius 2 is 1.96 bits per heavy atom. The zero-order valence-corrected chi connectivity index (χ0v) is 13.3. The van der Waals surface area contributed by atoms with Crippen LogP contribution in [0.4, 0.5) is 5.82 Å². The maximum atomic E-state index is 5.10. The van der Waals surface area contributed by atoms with Gasteiger partial charge in [0.1, 0.15) is 18.5 Å². The average Bonchev–Trinajstić information content (AvgIpc) is 3.09. The molecule has 0 fully saturated rings. The second-order valence-electron chi connectivity index (χ2n) is 5.18. The molecule has 0 radical (unpaired) electrons. The van der Waals surface area contributed by atoms with Gasteiger partial charge in [-0.25, -0.2) is 14.6 Å². The molecule has 2 heterocycles.